The molecule has 0 aromatic heterocycles. The molecule has 0 aromatic carbocycles. The number of carbonyl (C=O) groups excluding carboxylic acids is 1. The van der Waals surface area contributed by atoms with Crippen molar-refractivity contribution in [2.75, 3.05) is 13.2 Å². The van der Waals surface area contributed by atoms with Gasteiger partial charge in [0.05, 0.1) is 19.3 Å². The van der Waals surface area contributed by atoms with Gasteiger partial charge in [-0.15, -0.1) is 0 Å². The molecule has 1 N–H and O–H groups in total. The summed E-state index contributed by atoms with van der Waals surface area (Å²) in [7, 11) is 0. The summed E-state index contributed by atoms with van der Waals surface area (Å²) in [6.07, 6.45) is 7.19. The van der Waals surface area contributed by atoms with Crippen LogP contribution in [0.1, 0.15) is 38.5 Å². The van der Waals surface area contributed by atoms with Crippen molar-refractivity contribution in [1.29, 1.82) is 0 Å². The standard InChI is InChI=1S/C11H19NO2/c13-11(12-10-7-14-8-10)6-5-9-3-1-2-4-9/h9-10H,1-8H2,(H,12,13). The first kappa shape index (κ1) is 9.97. The molecule has 2 fully saturated rings. The van der Waals surface area contributed by atoms with E-state index in [1.54, 1.807) is 0 Å². The number of nitrogens with one attached hydrogen (secondary N) is 1. The highest BCUT2D eigenvalue weighted by molar-refractivity contribution is 5.76. The Morgan fingerprint density at radius 2 is 2.00 bits per heavy atom. The number of rotatable bonds is 4. The van der Waals surface area contributed by atoms with Crippen molar-refractivity contribution in [3.8, 4) is 0 Å². The zero-order valence-corrected chi connectivity index (χ0v) is 8.63. The Hall–Kier alpha value is -0.570. The molecule has 80 valence electrons. The lowest BCUT2D eigenvalue weighted by molar-refractivity contribution is -0.125. The molecule has 1 aliphatic carbocycles. The summed E-state index contributed by atoms with van der Waals surface area (Å²) in [4.78, 5) is 11.4. The largest absolute Gasteiger partial charge is 0.377 e. The van der Waals surface area contributed by atoms with E-state index in [2.05, 4.69) is 5.32 Å². The lowest BCUT2D eigenvalue weighted by Crippen LogP contribution is -2.48. The van der Waals surface area contributed by atoms with E-state index in [0.717, 1.165) is 12.3 Å². The second kappa shape index (κ2) is 4.78. The molecule has 2 rings (SSSR count). The lowest BCUT2D eigenvalue weighted by Gasteiger charge is -2.26. The van der Waals surface area contributed by atoms with E-state index in [-0.39, 0.29) is 5.91 Å². The van der Waals surface area contributed by atoms with Gasteiger partial charge in [0.15, 0.2) is 0 Å². The quantitative estimate of drug-likeness (QED) is 0.741. The number of carbonyl (C=O) groups is 1. The summed E-state index contributed by atoms with van der Waals surface area (Å²) in [5.74, 6) is 1.03. The van der Waals surface area contributed by atoms with Gasteiger partial charge in [0, 0.05) is 6.42 Å². The van der Waals surface area contributed by atoms with Crippen LogP contribution in [0.5, 0.6) is 0 Å². The van der Waals surface area contributed by atoms with E-state index in [1.807, 2.05) is 0 Å². The second-order valence-corrected chi connectivity index (χ2v) is 4.49. The van der Waals surface area contributed by atoms with Gasteiger partial charge in [-0.2, -0.15) is 0 Å². The van der Waals surface area contributed by atoms with Gasteiger partial charge in [-0.3, -0.25) is 4.79 Å². The van der Waals surface area contributed by atoms with Gasteiger partial charge in [-0.25, -0.2) is 0 Å². The summed E-state index contributed by atoms with van der Waals surface area (Å²) in [5.41, 5.74) is 0. The predicted molar refractivity (Wildman–Crippen MR) is 53.9 cm³/mol. The van der Waals surface area contributed by atoms with Crippen LogP contribution >= 0.6 is 0 Å². The van der Waals surface area contributed by atoms with Crippen LogP contribution in [0.15, 0.2) is 0 Å². The van der Waals surface area contributed by atoms with E-state index in [1.165, 1.54) is 25.7 Å². The zero-order valence-electron chi connectivity index (χ0n) is 8.63. The molecule has 1 saturated carbocycles. The monoisotopic (exact) mass is 197 g/mol. The van der Waals surface area contributed by atoms with Crippen molar-refractivity contribution in [3.63, 3.8) is 0 Å². The summed E-state index contributed by atoms with van der Waals surface area (Å²) in [5, 5.41) is 2.98. The Kier molecular flexibility index (Phi) is 3.40. The molecule has 0 atom stereocenters. The maximum absolute atomic E-state index is 11.4. The summed E-state index contributed by atoms with van der Waals surface area (Å²) < 4.78 is 5.00. The molecule has 1 saturated heterocycles. The van der Waals surface area contributed by atoms with Crippen molar-refractivity contribution in [2.24, 2.45) is 5.92 Å². The molecule has 0 radical (unpaired) electrons. The molecule has 0 bridgehead atoms. The van der Waals surface area contributed by atoms with Gasteiger partial charge in [-0.05, 0) is 12.3 Å². The Balaban J connectivity index is 1.57. The van der Waals surface area contributed by atoms with Gasteiger partial charge < -0.3 is 10.1 Å². The fraction of sp³-hybridized carbons (Fsp3) is 0.909. The van der Waals surface area contributed by atoms with Gasteiger partial charge in [0.2, 0.25) is 5.91 Å². The minimum Gasteiger partial charge on any atom is -0.377 e. The van der Waals surface area contributed by atoms with Crippen molar-refractivity contribution in [1.82, 2.24) is 5.32 Å². The van der Waals surface area contributed by atoms with Crippen molar-refractivity contribution < 1.29 is 9.53 Å². The average Bonchev–Trinajstić information content (AvgIpc) is 2.60. The molecule has 0 spiro atoms. The van der Waals surface area contributed by atoms with Crippen LogP contribution in [-0.4, -0.2) is 25.2 Å². The molecule has 1 heterocycles. The molecule has 0 aromatic rings. The van der Waals surface area contributed by atoms with E-state index < -0.39 is 0 Å². The topological polar surface area (TPSA) is 38.3 Å². The fourth-order valence-electron chi connectivity index (χ4n) is 2.25. The SMILES string of the molecule is O=C(CCC1CCCC1)NC1COC1. The fourth-order valence-corrected chi connectivity index (χ4v) is 2.25. The summed E-state index contributed by atoms with van der Waals surface area (Å²) in [6, 6.07) is 0.297. The van der Waals surface area contributed by atoms with Crippen molar-refractivity contribution in [3.05, 3.63) is 0 Å². The normalized spacial score (nSPS) is 23.4. The maximum atomic E-state index is 11.4. The average molecular weight is 197 g/mol. The Labute approximate surface area is 85.2 Å². The molecule has 1 amide bonds. The minimum atomic E-state index is 0.213. The van der Waals surface area contributed by atoms with E-state index in [9.17, 15) is 4.79 Å². The first-order valence-corrected chi connectivity index (χ1v) is 5.71. The van der Waals surface area contributed by atoms with Crippen molar-refractivity contribution >= 4 is 5.91 Å². The first-order chi connectivity index (χ1) is 6.84. The van der Waals surface area contributed by atoms with Crippen LogP contribution in [-0.2, 0) is 9.53 Å². The number of amides is 1. The molecule has 14 heavy (non-hydrogen) atoms. The van der Waals surface area contributed by atoms with Crippen LogP contribution in [0, 0.1) is 5.92 Å². The van der Waals surface area contributed by atoms with Crippen molar-refractivity contribution in [2.45, 2.75) is 44.6 Å². The predicted octanol–water partition coefficient (Wildman–Crippen LogP) is 1.47. The highest BCUT2D eigenvalue weighted by atomic mass is 16.5. The van der Waals surface area contributed by atoms with Gasteiger partial charge in [0.1, 0.15) is 0 Å². The number of hydrogen-bond acceptors (Lipinski definition) is 2. The lowest BCUT2D eigenvalue weighted by atomic mass is 10.0. The molecular weight excluding hydrogens is 178 g/mol. The molecule has 2 aliphatic rings. The maximum Gasteiger partial charge on any atom is 0.220 e. The molecule has 3 heteroatoms. The first-order valence-electron chi connectivity index (χ1n) is 5.71. The molecule has 0 unspecified atom stereocenters. The number of ether oxygens (including phenoxy) is 1. The van der Waals surface area contributed by atoms with Crippen LogP contribution < -0.4 is 5.32 Å². The zero-order chi connectivity index (χ0) is 9.80. The third-order valence-electron chi connectivity index (χ3n) is 3.26. The Bertz CT molecular complexity index is 195. The summed E-state index contributed by atoms with van der Waals surface area (Å²) >= 11 is 0. The van der Waals surface area contributed by atoms with Gasteiger partial charge >= 0.3 is 0 Å². The molecular formula is C11H19NO2. The minimum absolute atomic E-state index is 0.213. The van der Waals surface area contributed by atoms with Gasteiger partial charge in [0.25, 0.3) is 0 Å². The van der Waals surface area contributed by atoms with E-state index in [0.29, 0.717) is 25.7 Å². The molecule has 1 aliphatic heterocycles. The highest BCUT2D eigenvalue weighted by Crippen LogP contribution is 2.28. The van der Waals surface area contributed by atoms with Crippen LogP contribution in [0.4, 0.5) is 0 Å². The van der Waals surface area contributed by atoms with Gasteiger partial charge in [-0.1, -0.05) is 25.7 Å². The highest BCUT2D eigenvalue weighted by Gasteiger charge is 2.21. The van der Waals surface area contributed by atoms with Crippen LogP contribution in [0.2, 0.25) is 0 Å². The smallest absolute Gasteiger partial charge is 0.220 e. The molecule has 3 nitrogen and oxygen atoms in total. The third kappa shape index (κ3) is 2.71. The summed E-state index contributed by atoms with van der Waals surface area (Å²) in [6.45, 7) is 1.41. The Morgan fingerprint density at radius 3 is 2.57 bits per heavy atom. The van der Waals surface area contributed by atoms with E-state index in [4.69, 9.17) is 4.74 Å². The second-order valence-electron chi connectivity index (χ2n) is 4.49. The number of hydrogen-bond donors (Lipinski definition) is 1. The van der Waals surface area contributed by atoms with Crippen LogP contribution in [0.25, 0.3) is 0 Å². The van der Waals surface area contributed by atoms with Crippen LogP contribution in [0.3, 0.4) is 0 Å². The Morgan fingerprint density at radius 1 is 1.29 bits per heavy atom. The van der Waals surface area contributed by atoms with E-state index >= 15 is 0 Å². The third-order valence-corrected chi connectivity index (χ3v) is 3.26.